The quantitative estimate of drug-likeness (QED) is 0.520. The standard InChI is InChI=1S/C11H17NO/c1-8-3-5-10-9(2)4-6-11(13)12(10)7-8/h9-10H,1,3-7H2,2H3/t9-,10-/m1/s1. The van der Waals surface area contributed by atoms with Crippen LogP contribution in [0.1, 0.15) is 32.6 Å². The molecule has 0 radical (unpaired) electrons. The summed E-state index contributed by atoms with van der Waals surface area (Å²) in [5, 5.41) is 0. The molecule has 0 aliphatic carbocycles. The van der Waals surface area contributed by atoms with Crippen molar-refractivity contribution in [3.05, 3.63) is 12.2 Å². The number of amides is 1. The van der Waals surface area contributed by atoms with Gasteiger partial charge in [-0.05, 0) is 25.2 Å². The van der Waals surface area contributed by atoms with Crippen LogP contribution in [0.5, 0.6) is 0 Å². The Morgan fingerprint density at radius 3 is 2.92 bits per heavy atom. The fourth-order valence-electron chi connectivity index (χ4n) is 2.50. The predicted octanol–water partition coefficient (Wildman–Crippen LogP) is 1.96. The lowest BCUT2D eigenvalue weighted by atomic mass is 9.83. The smallest absolute Gasteiger partial charge is 0.223 e. The Bertz CT molecular complexity index is 246. The van der Waals surface area contributed by atoms with Crippen molar-refractivity contribution in [3.63, 3.8) is 0 Å². The lowest BCUT2D eigenvalue weighted by Crippen LogP contribution is -2.50. The van der Waals surface area contributed by atoms with Gasteiger partial charge in [-0.1, -0.05) is 19.1 Å². The summed E-state index contributed by atoms with van der Waals surface area (Å²) in [5.41, 5.74) is 1.22. The molecule has 2 aliphatic rings. The molecule has 1 amide bonds. The van der Waals surface area contributed by atoms with E-state index in [1.54, 1.807) is 0 Å². The average molecular weight is 179 g/mol. The van der Waals surface area contributed by atoms with E-state index in [0.29, 0.717) is 17.9 Å². The van der Waals surface area contributed by atoms with Crippen LogP contribution in [0.4, 0.5) is 0 Å². The van der Waals surface area contributed by atoms with Crippen LogP contribution in [0.25, 0.3) is 0 Å². The van der Waals surface area contributed by atoms with E-state index in [2.05, 4.69) is 13.5 Å². The third-order valence-electron chi connectivity index (χ3n) is 3.38. The second kappa shape index (κ2) is 3.17. The van der Waals surface area contributed by atoms with Crippen LogP contribution < -0.4 is 0 Å². The summed E-state index contributed by atoms with van der Waals surface area (Å²) in [4.78, 5) is 13.6. The van der Waals surface area contributed by atoms with E-state index in [1.165, 1.54) is 5.57 Å². The molecule has 0 aromatic carbocycles. The summed E-state index contributed by atoms with van der Waals surface area (Å²) >= 11 is 0. The van der Waals surface area contributed by atoms with E-state index >= 15 is 0 Å². The van der Waals surface area contributed by atoms with Gasteiger partial charge in [-0.2, -0.15) is 0 Å². The molecule has 0 spiro atoms. The van der Waals surface area contributed by atoms with E-state index in [-0.39, 0.29) is 0 Å². The summed E-state index contributed by atoms with van der Waals surface area (Å²) in [5.74, 6) is 1.02. The third-order valence-corrected chi connectivity index (χ3v) is 3.38. The minimum atomic E-state index is 0.337. The van der Waals surface area contributed by atoms with Crippen molar-refractivity contribution in [1.82, 2.24) is 4.90 Å². The zero-order valence-corrected chi connectivity index (χ0v) is 8.25. The van der Waals surface area contributed by atoms with Crippen LogP contribution >= 0.6 is 0 Å². The van der Waals surface area contributed by atoms with Gasteiger partial charge in [0.2, 0.25) is 5.91 Å². The molecule has 72 valence electrons. The van der Waals surface area contributed by atoms with Crippen molar-refractivity contribution < 1.29 is 4.79 Å². The van der Waals surface area contributed by atoms with Gasteiger partial charge in [-0.15, -0.1) is 0 Å². The normalized spacial score (nSPS) is 34.7. The number of rotatable bonds is 0. The van der Waals surface area contributed by atoms with Gasteiger partial charge in [-0.25, -0.2) is 0 Å². The third kappa shape index (κ3) is 1.50. The first-order valence-corrected chi connectivity index (χ1v) is 5.14. The molecule has 2 rings (SSSR count). The van der Waals surface area contributed by atoms with Crippen LogP contribution in [-0.4, -0.2) is 23.4 Å². The van der Waals surface area contributed by atoms with E-state index < -0.39 is 0 Å². The van der Waals surface area contributed by atoms with Gasteiger partial charge in [-0.3, -0.25) is 4.79 Å². The van der Waals surface area contributed by atoms with Crippen molar-refractivity contribution in [2.75, 3.05) is 6.54 Å². The van der Waals surface area contributed by atoms with Crippen LogP contribution in [0.3, 0.4) is 0 Å². The molecular weight excluding hydrogens is 162 g/mol. The Hall–Kier alpha value is -0.790. The molecule has 2 aliphatic heterocycles. The Morgan fingerprint density at radius 2 is 2.15 bits per heavy atom. The molecule has 2 heteroatoms. The summed E-state index contributed by atoms with van der Waals surface area (Å²) < 4.78 is 0. The molecule has 0 saturated carbocycles. The number of carbonyl (C=O) groups is 1. The van der Waals surface area contributed by atoms with Crippen LogP contribution in [0.2, 0.25) is 0 Å². The number of carbonyl (C=O) groups excluding carboxylic acids is 1. The zero-order chi connectivity index (χ0) is 9.42. The number of nitrogens with zero attached hydrogens (tertiary/aromatic N) is 1. The van der Waals surface area contributed by atoms with Gasteiger partial charge in [0.15, 0.2) is 0 Å². The molecule has 13 heavy (non-hydrogen) atoms. The van der Waals surface area contributed by atoms with Gasteiger partial charge in [0, 0.05) is 19.0 Å². The van der Waals surface area contributed by atoms with Crippen molar-refractivity contribution in [3.8, 4) is 0 Å². The van der Waals surface area contributed by atoms with E-state index in [1.807, 2.05) is 4.90 Å². The molecule has 0 bridgehead atoms. The Kier molecular flexibility index (Phi) is 2.14. The number of hydrogen-bond acceptors (Lipinski definition) is 1. The van der Waals surface area contributed by atoms with Crippen LogP contribution in [-0.2, 0) is 4.79 Å². The van der Waals surface area contributed by atoms with Crippen molar-refractivity contribution in [1.29, 1.82) is 0 Å². The second-order valence-electron chi connectivity index (χ2n) is 4.39. The SMILES string of the molecule is C=C1CC[C@@H]2[C@H](C)CCC(=O)N2C1. The highest BCUT2D eigenvalue weighted by atomic mass is 16.2. The number of hydrogen-bond donors (Lipinski definition) is 0. The van der Waals surface area contributed by atoms with Crippen LogP contribution in [0.15, 0.2) is 12.2 Å². The Labute approximate surface area is 79.6 Å². The highest BCUT2D eigenvalue weighted by Gasteiger charge is 2.35. The molecule has 2 saturated heterocycles. The van der Waals surface area contributed by atoms with Crippen molar-refractivity contribution >= 4 is 5.91 Å². The first-order valence-electron chi connectivity index (χ1n) is 5.14. The second-order valence-corrected chi connectivity index (χ2v) is 4.39. The van der Waals surface area contributed by atoms with Gasteiger partial charge in [0.25, 0.3) is 0 Å². The van der Waals surface area contributed by atoms with Crippen molar-refractivity contribution in [2.45, 2.75) is 38.6 Å². The maximum absolute atomic E-state index is 11.6. The van der Waals surface area contributed by atoms with Gasteiger partial charge < -0.3 is 4.90 Å². The predicted molar refractivity (Wildman–Crippen MR) is 52.3 cm³/mol. The number of fused-ring (bicyclic) bond motifs is 1. The maximum atomic E-state index is 11.6. The van der Waals surface area contributed by atoms with E-state index in [0.717, 1.165) is 32.2 Å². The molecule has 0 unspecified atom stereocenters. The van der Waals surface area contributed by atoms with E-state index in [4.69, 9.17) is 0 Å². The topological polar surface area (TPSA) is 20.3 Å². The monoisotopic (exact) mass is 179 g/mol. The molecule has 2 heterocycles. The van der Waals surface area contributed by atoms with Gasteiger partial charge in [0.05, 0.1) is 0 Å². The molecule has 0 aromatic rings. The molecule has 2 fully saturated rings. The average Bonchev–Trinajstić information content (AvgIpc) is 2.12. The molecule has 2 nitrogen and oxygen atoms in total. The van der Waals surface area contributed by atoms with Gasteiger partial charge in [0.1, 0.15) is 0 Å². The Balaban J connectivity index is 2.15. The van der Waals surface area contributed by atoms with Crippen molar-refractivity contribution in [2.24, 2.45) is 5.92 Å². The highest BCUT2D eigenvalue weighted by Crippen LogP contribution is 2.32. The minimum absolute atomic E-state index is 0.337. The summed E-state index contributed by atoms with van der Waals surface area (Å²) in [7, 11) is 0. The van der Waals surface area contributed by atoms with E-state index in [9.17, 15) is 4.79 Å². The summed E-state index contributed by atoms with van der Waals surface area (Å²) in [6, 6.07) is 0.506. The lowest BCUT2D eigenvalue weighted by molar-refractivity contribution is -0.139. The number of piperidine rings is 2. The Morgan fingerprint density at radius 1 is 1.38 bits per heavy atom. The molecular formula is C11H17NO. The first-order chi connectivity index (χ1) is 6.18. The minimum Gasteiger partial charge on any atom is -0.335 e. The fourth-order valence-corrected chi connectivity index (χ4v) is 2.50. The van der Waals surface area contributed by atoms with Crippen LogP contribution in [0, 0.1) is 5.92 Å². The fraction of sp³-hybridized carbons (Fsp3) is 0.727. The zero-order valence-electron chi connectivity index (χ0n) is 8.25. The molecule has 0 N–H and O–H groups in total. The largest absolute Gasteiger partial charge is 0.335 e. The maximum Gasteiger partial charge on any atom is 0.223 e. The highest BCUT2D eigenvalue weighted by molar-refractivity contribution is 5.77. The van der Waals surface area contributed by atoms with Gasteiger partial charge >= 0.3 is 0 Å². The summed E-state index contributed by atoms with van der Waals surface area (Å²) in [6.45, 7) is 7.05. The lowest BCUT2D eigenvalue weighted by Gasteiger charge is -2.43. The first kappa shape index (κ1) is 8.79. The summed E-state index contributed by atoms with van der Waals surface area (Å²) in [6.07, 6.45) is 4.06. The molecule has 0 aromatic heterocycles. The molecule has 2 atom stereocenters.